The number of anilines is 2. The molecule has 2 aromatic rings. The Balaban J connectivity index is 2.25. The van der Waals surface area contributed by atoms with Crippen molar-refractivity contribution in [2.24, 2.45) is 0 Å². The number of nitrogens with zero attached hydrogens (tertiary/aromatic N) is 1. The number of benzene rings is 1. The number of carboxylic acid groups (broad SMARTS) is 1. The van der Waals surface area contributed by atoms with Crippen LogP contribution in [0.15, 0.2) is 41.0 Å². The Bertz CT molecular complexity index is 604. The summed E-state index contributed by atoms with van der Waals surface area (Å²) in [5.41, 5.74) is 0.743. The molecular formula is C12H8BrFN2O2. The topological polar surface area (TPSA) is 62.2 Å². The molecule has 0 radical (unpaired) electrons. The first-order chi connectivity index (χ1) is 8.56. The van der Waals surface area contributed by atoms with Gasteiger partial charge in [0.25, 0.3) is 0 Å². The molecule has 0 aliphatic rings. The van der Waals surface area contributed by atoms with Crippen molar-refractivity contribution in [1.29, 1.82) is 0 Å². The van der Waals surface area contributed by atoms with Crippen LogP contribution in [0.5, 0.6) is 0 Å². The maximum absolute atomic E-state index is 13.0. The van der Waals surface area contributed by atoms with Crippen molar-refractivity contribution < 1.29 is 14.3 Å². The number of aromatic nitrogens is 1. The molecule has 0 amide bonds. The molecule has 1 aromatic carbocycles. The summed E-state index contributed by atoms with van der Waals surface area (Å²) in [6, 6.07) is 7.18. The van der Waals surface area contributed by atoms with Gasteiger partial charge in [-0.2, -0.15) is 0 Å². The molecule has 1 aromatic heterocycles. The standard InChI is InChI=1S/C12H8BrFN2O2/c13-9-6-8(1-2-10(9)14)16-11-5-7(12(17)18)3-4-15-11/h1-6H,(H,15,16)(H,17,18). The van der Waals surface area contributed by atoms with E-state index in [1.807, 2.05) is 0 Å². The van der Waals surface area contributed by atoms with E-state index in [1.54, 1.807) is 6.07 Å². The average Bonchev–Trinajstić information content (AvgIpc) is 2.34. The summed E-state index contributed by atoms with van der Waals surface area (Å²) in [6.45, 7) is 0. The molecule has 0 fully saturated rings. The summed E-state index contributed by atoms with van der Waals surface area (Å²) in [7, 11) is 0. The van der Waals surface area contributed by atoms with Gasteiger partial charge in [0.05, 0.1) is 10.0 Å². The van der Waals surface area contributed by atoms with Gasteiger partial charge in [-0.3, -0.25) is 0 Å². The molecule has 4 nitrogen and oxygen atoms in total. The van der Waals surface area contributed by atoms with Gasteiger partial charge in [0, 0.05) is 11.9 Å². The fourth-order valence-electron chi connectivity index (χ4n) is 1.35. The van der Waals surface area contributed by atoms with Gasteiger partial charge in [-0.05, 0) is 46.3 Å². The zero-order valence-electron chi connectivity index (χ0n) is 9.02. The fourth-order valence-corrected chi connectivity index (χ4v) is 1.73. The number of halogens is 2. The first-order valence-corrected chi connectivity index (χ1v) is 5.77. The second-order valence-corrected chi connectivity index (χ2v) is 4.34. The summed E-state index contributed by atoms with van der Waals surface area (Å²) in [5.74, 6) is -1.01. The number of aromatic carboxylic acids is 1. The van der Waals surface area contributed by atoms with Crippen LogP contribution in [0.25, 0.3) is 0 Å². The SMILES string of the molecule is O=C(O)c1ccnc(Nc2ccc(F)c(Br)c2)c1. The zero-order valence-corrected chi connectivity index (χ0v) is 10.6. The summed E-state index contributed by atoms with van der Waals surface area (Å²) in [5, 5.41) is 11.7. The van der Waals surface area contributed by atoms with Crippen LogP contribution in [-0.4, -0.2) is 16.1 Å². The fraction of sp³-hybridized carbons (Fsp3) is 0. The second-order valence-electron chi connectivity index (χ2n) is 3.49. The highest BCUT2D eigenvalue weighted by Gasteiger charge is 2.05. The van der Waals surface area contributed by atoms with Crippen molar-refractivity contribution >= 4 is 33.4 Å². The second kappa shape index (κ2) is 5.14. The van der Waals surface area contributed by atoms with E-state index in [9.17, 15) is 9.18 Å². The van der Waals surface area contributed by atoms with Gasteiger partial charge in [-0.15, -0.1) is 0 Å². The number of hydrogen-bond acceptors (Lipinski definition) is 3. The lowest BCUT2D eigenvalue weighted by atomic mass is 10.2. The number of carbonyl (C=O) groups is 1. The molecule has 0 atom stereocenters. The number of pyridine rings is 1. The minimum absolute atomic E-state index is 0.133. The molecule has 6 heteroatoms. The lowest BCUT2D eigenvalue weighted by molar-refractivity contribution is 0.0697. The van der Waals surface area contributed by atoms with Crippen LogP contribution in [0, 0.1) is 5.82 Å². The smallest absolute Gasteiger partial charge is 0.335 e. The Morgan fingerprint density at radius 3 is 2.78 bits per heavy atom. The van der Waals surface area contributed by atoms with Gasteiger partial charge in [-0.1, -0.05) is 0 Å². The lowest BCUT2D eigenvalue weighted by Gasteiger charge is -2.06. The van der Waals surface area contributed by atoms with Gasteiger partial charge in [0.2, 0.25) is 0 Å². The molecule has 0 saturated carbocycles. The molecule has 1 heterocycles. The Kier molecular flexibility index (Phi) is 3.57. The van der Waals surface area contributed by atoms with Crippen molar-refractivity contribution in [1.82, 2.24) is 4.98 Å². The van der Waals surface area contributed by atoms with E-state index in [4.69, 9.17) is 5.11 Å². The normalized spacial score (nSPS) is 10.1. The quantitative estimate of drug-likeness (QED) is 0.911. The van der Waals surface area contributed by atoms with E-state index >= 15 is 0 Å². The van der Waals surface area contributed by atoms with E-state index in [0.29, 0.717) is 16.0 Å². The van der Waals surface area contributed by atoms with E-state index < -0.39 is 5.97 Å². The monoisotopic (exact) mass is 310 g/mol. The van der Waals surface area contributed by atoms with Crippen LogP contribution >= 0.6 is 15.9 Å². The molecule has 0 spiro atoms. The predicted molar refractivity (Wildman–Crippen MR) is 68.6 cm³/mol. The third-order valence-corrected chi connectivity index (χ3v) is 2.81. The minimum atomic E-state index is -1.03. The summed E-state index contributed by atoms with van der Waals surface area (Å²) < 4.78 is 13.4. The Hall–Kier alpha value is -1.95. The molecule has 2 rings (SSSR count). The van der Waals surface area contributed by atoms with Crippen LogP contribution < -0.4 is 5.32 Å². The van der Waals surface area contributed by atoms with Crippen LogP contribution in [0.4, 0.5) is 15.9 Å². The highest BCUT2D eigenvalue weighted by Crippen LogP contribution is 2.22. The van der Waals surface area contributed by atoms with Gasteiger partial charge in [0.15, 0.2) is 0 Å². The lowest BCUT2D eigenvalue weighted by Crippen LogP contribution is -2.00. The molecule has 92 valence electrons. The van der Waals surface area contributed by atoms with Crippen LogP contribution in [0.2, 0.25) is 0 Å². The molecule has 18 heavy (non-hydrogen) atoms. The molecule has 0 unspecified atom stereocenters. The minimum Gasteiger partial charge on any atom is -0.478 e. The van der Waals surface area contributed by atoms with Crippen molar-refractivity contribution in [2.75, 3.05) is 5.32 Å². The number of rotatable bonds is 3. The van der Waals surface area contributed by atoms with E-state index in [2.05, 4.69) is 26.2 Å². The summed E-state index contributed by atoms with van der Waals surface area (Å²) in [6.07, 6.45) is 1.39. The van der Waals surface area contributed by atoms with Crippen molar-refractivity contribution in [3.8, 4) is 0 Å². The van der Waals surface area contributed by atoms with Crippen molar-refractivity contribution in [3.63, 3.8) is 0 Å². The van der Waals surface area contributed by atoms with Crippen molar-refractivity contribution in [3.05, 3.63) is 52.4 Å². The molecular weight excluding hydrogens is 303 g/mol. The number of hydrogen-bond donors (Lipinski definition) is 2. The average molecular weight is 311 g/mol. The molecule has 2 N–H and O–H groups in total. The van der Waals surface area contributed by atoms with Crippen molar-refractivity contribution in [2.45, 2.75) is 0 Å². The van der Waals surface area contributed by atoms with E-state index in [1.165, 1.54) is 30.5 Å². The Morgan fingerprint density at radius 1 is 1.33 bits per heavy atom. The van der Waals surface area contributed by atoms with Gasteiger partial charge in [0.1, 0.15) is 11.6 Å². The molecule has 0 bridgehead atoms. The van der Waals surface area contributed by atoms with Crippen LogP contribution in [0.1, 0.15) is 10.4 Å². The number of nitrogens with one attached hydrogen (secondary N) is 1. The first-order valence-electron chi connectivity index (χ1n) is 4.97. The predicted octanol–water partition coefficient (Wildman–Crippen LogP) is 3.43. The summed E-state index contributed by atoms with van der Waals surface area (Å²) in [4.78, 5) is 14.8. The van der Waals surface area contributed by atoms with Crippen LogP contribution in [0.3, 0.4) is 0 Å². The summed E-state index contributed by atoms with van der Waals surface area (Å²) >= 11 is 3.07. The van der Waals surface area contributed by atoms with Gasteiger partial charge >= 0.3 is 5.97 Å². The highest BCUT2D eigenvalue weighted by molar-refractivity contribution is 9.10. The maximum Gasteiger partial charge on any atom is 0.335 e. The zero-order chi connectivity index (χ0) is 13.1. The van der Waals surface area contributed by atoms with Gasteiger partial charge in [-0.25, -0.2) is 14.2 Å². The molecule has 0 aliphatic heterocycles. The van der Waals surface area contributed by atoms with Crippen LogP contribution in [-0.2, 0) is 0 Å². The third-order valence-electron chi connectivity index (χ3n) is 2.20. The Morgan fingerprint density at radius 2 is 2.11 bits per heavy atom. The van der Waals surface area contributed by atoms with Gasteiger partial charge < -0.3 is 10.4 Å². The largest absolute Gasteiger partial charge is 0.478 e. The molecule has 0 aliphatic carbocycles. The third kappa shape index (κ3) is 2.84. The number of carboxylic acids is 1. The highest BCUT2D eigenvalue weighted by atomic mass is 79.9. The van der Waals surface area contributed by atoms with E-state index in [0.717, 1.165) is 0 Å². The molecule has 0 saturated heterocycles. The Labute approximate surface area is 111 Å². The maximum atomic E-state index is 13.0. The van der Waals surface area contributed by atoms with E-state index in [-0.39, 0.29) is 11.4 Å². The first kappa shape index (κ1) is 12.5.